The van der Waals surface area contributed by atoms with Crippen LogP contribution in [0.2, 0.25) is 5.02 Å². The number of pyridine rings is 1. The van der Waals surface area contributed by atoms with Crippen molar-refractivity contribution in [2.45, 2.75) is 10.6 Å². The van der Waals surface area contributed by atoms with Crippen molar-refractivity contribution in [3.63, 3.8) is 0 Å². The Bertz CT molecular complexity index is 619. The molecule has 0 saturated heterocycles. The Kier molecular flexibility index (Phi) is 4.98. The molecule has 6 heteroatoms. The number of esters is 1. The maximum Gasteiger partial charge on any atom is 0.339 e. The number of carbonyl (C=O) groups excluding carboxylic acids is 1. The van der Waals surface area contributed by atoms with Gasteiger partial charge in [0.25, 0.3) is 0 Å². The van der Waals surface area contributed by atoms with E-state index in [2.05, 4.69) is 9.72 Å². The molecule has 0 atom stereocenters. The first-order chi connectivity index (χ1) is 9.60. The van der Waals surface area contributed by atoms with Gasteiger partial charge in [-0.1, -0.05) is 11.6 Å². The predicted octanol–water partition coefficient (Wildman–Crippen LogP) is 3.95. The van der Waals surface area contributed by atoms with E-state index in [1.165, 1.54) is 31.1 Å². The molecule has 1 aromatic heterocycles. The summed E-state index contributed by atoms with van der Waals surface area (Å²) < 4.78 is 17.6. The summed E-state index contributed by atoms with van der Waals surface area (Å²) in [4.78, 5) is 16.3. The number of hydrogen-bond donors (Lipinski definition) is 0. The monoisotopic (exact) mass is 311 g/mol. The van der Waals surface area contributed by atoms with Crippen molar-refractivity contribution in [2.75, 3.05) is 7.11 Å². The van der Waals surface area contributed by atoms with Crippen LogP contribution in [0, 0.1) is 5.82 Å². The molecule has 0 N–H and O–H groups in total. The van der Waals surface area contributed by atoms with Crippen LogP contribution in [0.15, 0.2) is 41.4 Å². The molecule has 2 aromatic rings. The van der Waals surface area contributed by atoms with Gasteiger partial charge in [0.05, 0.1) is 23.4 Å². The molecule has 0 unspecified atom stereocenters. The highest BCUT2D eigenvalue weighted by Gasteiger charge is 2.06. The molecule has 0 fully saturated rings. The van der Waals surface area contributed by atoms with Gasteiger partial charge in [0, 0.05) is 16.8 Å². The second-order valence-corrected chi connectivity index (χ2v) is 5.35. The van der Waals surface area contributed by atoms with Crippen LogP contribution in [0.4, 0.5) is 4.39 Å². The molecule has 2 rings (SSSR count). The molecule has 3 nitrogen and oxygen atoms in total. The smallest absolute Gasteiger partial charge is 0.339 e. The highest BCUT2D eigenvalue weighted by molar-refractivity contribution is 7.98. The van der Waals surface area contributed by atoms with Gasteiger partial charge in [0.15, 0.2) is 0 Å². The molecule has 0 spiro atoms. The average molecular weight is 312 g/mol. The predicted molar refractivity (Wildman–Crippen MR) is 76.5 cm³/mol. The topological polar surface area (TPSA) is 39.2 Å². The second-order valence-electron chi connectivity index (χ2n) is 3.89. The lowest BCUT2D eigenvalue weighted by Crippen LogP contribution is -2.02. The SMILES string of the molecule is COC(=O)c1ccc(CSc2ccc(F)c(Cl)c2)nc1. The zero-order valence-corrected chi connectivity index (χ0v) is 12.2. The molecule has 20 heavy (non-hydrogen) atoms. The van der Waals surface area contributed by atoms with Crippen molar-refractivity contribution in [3.8, 4) is 0 Å². The number of hydrogen-bond acceptors (Lipinski definition) is 4. The molecule has 0 saturated carbocycles. The third-order valence-electron chi connectivity index (χ3n) is 2.52. The summed E-state index contributed by atoms with van der Waals surface area (Å²) in [6.45, 7) is 0. The van der Waals surface area contributed by atoms with E-state index in [-0.39, 0.29) is 5.02 Å². The molecule has 0 aliphatic carbocycles. The van der Waals surface area contributed by atoms with Crippen LogP contribution < -0.4 is 0 Å². The van der Waals surface area contributed by atoms with Gasteiger partial charge in [0.2, 0.25) is 0 Å². The minimum absolute atomic E-state index is 0.101. The zero-order chi connectivity index (χ0) is 14.5. The quantitative estimate of drug-likeness (QED) is 0.633. The Balaban J connectivity index is 2.00. The highest BCUT2D eigenvalue weighted by atomic mass is 35.5. The maximum atomic E-state index is 13.0. The number of rotatable bonds is 4. The van der Waals surface area contributed by atoms with E-state index in [1.54, 1.807) is 24.3 Å². The number of aromatic nitrogens is 1. The van der Waals surface area contributed by atoms with Gasteiger partial charge in [-0.3, -0.25) is 4.98 Å². The van der Waals surface area contributed by atoms with Gasteiger partial charge >= 0.3 is 5.97 Å². The van der Waals surface area contributed by atoms with E-state index < -0.39 is 11.8 Å². The van der Waals surface area contributed by atoms with Gasteiger partial charge < -0.3 is 4.74 Å². The lowest BCUT2D eigenvalue weighted by Gasteiger charge is -2.04. The van der Waals surface area contributed by atoms with Crippen molar-refractivity contribution >= 4 is 29.3 Å². The Labute approximate surface area is 125 Å². The zero-order valence-electron chi connectivity index (χ0n) is 10.6. The fourth-order valence-electron chi connectivity index (χ4n) is 1.47. The number of carbonyl (C=O) groups is 1. The number of benzene rings is 1. The van der Waals surface area contributed by atoms with Crippen LogP contribution in [-0.4, -0.2) is 18.1 Å². The first-order valence-electron chi connectivity index (χ1n) is 5.71. The first kappa shape index (κ1) is 14.8. The van der Waals surface area contributed by atoms with Crippen molar-refractivity contribution < 1.29 is 13.9 Å². The third-order valence-corrected chi connectivity index (χ3v) is 3.84. The van der Waals surface area contributed by atoms with Crippen molar-refractivity contribution in [1.29, 1.82) is 0 Å². The normalized spacial score (nSPS) is 10.3. The number of halogens is 2. The molecule has 0 radical (unpaired) electrons. The minimum atomic E-state index is -0.434. The molecule has 0 bridgehead atoms. The van der Waals surface area contributed by atoms with E-state index in [0.717, 1.165) is 10.6 Å². The largest absolute Gasteiger partial charge is 0.465 e. The lowest BCUT2D eigenvalue weighted by atomic mass is 10.2. The van der Waals surface area contributed by atoms with E-state index in [9.17, 15) is 9.18 Å². The number of thioether (sulfide) groups is 1. The van der Waals surface area contributed by atoms with E-state index in [1.807, 2.05) is 0 Å². The van der Waals surface area contributed by atoms with Gasteiger partial charge in [-0.15, -0.1) is 11.8 Å². The van der Waals surface area contributed by atoms with Crippen LogP contribution in [-0.2, 0) is 10.5 Å². The Morgan fingerprint density at radius 2 is 2.20 bits per heavy atom. The Morgan fingerprint density at radius 1 is 1.40 bits per heavy atom. The van der Waals surface area contributed by atoms with Crippen LogP contribution in [0.1, 0.15) is 16.1 Å². The Morgan fingerprint density at radius 3 is 2.80 bits per heavy atom. The fourth-order valence-corrected chi connectivity index (χ4v) is 2.57. The van der Waals surface area contributed by atoms with Crippen LogP contribution in [0.3, 0.4) is 0 Å². The van der Waals surface area contributed by atoms with Crippen LogP contribution in [0.5, 0.6) is 0 Å². The van der Waals surface area contributed by atoms with Gasteiger partial charge in [-0.25, -0.2) is 9.18 Å². The molecule has 0 amide bonds. The van der Waals surface area contributed by atoms with Gasteiger partial charge in [-0.05, 0) is 30.3 Å². The first-order valence-corrected chi connectivity index (χ1v) is 7.07. The van der Waals surface area contributed by atoms with E-state index in [4.69, 9.17) is 11.6 Å². The van der Waals surface area contributed by atoms with Crippen molar-refractivity contribution in [3.05, 3.63) is 58.6 Å². The molecule has 1 aromatic carbocycles. The molecule has 0 aliphatic heterocycles. The molecule has 104 valence electrons. The summed E-state index contributed by atoms with van der Waals surface area (Å²) in [6, 6.07) is 7.98. The summed E-state index contributed by atoms with van der Waals surface area (Å²) in [5.41, 5.74) is 1.22. The average Bonchev–Trinajstić information content (AvgIpc) is 2.48. The molecule has 1 heterocycles. The number of nitrogens with zero attached hydrogens (tertiary/aromatic N) is 1. The van der Waals surface area contributed by atoms with Crippen molar-refractivity contribution in [2.24, 2.45) is 0 Å². The summed E-state index contributed by atoms with van der Waals surface area (Å²) in [6.07, 6.45) is 1.47. The fraction of sp³-hybridized carbons (Fsp3) is 0.143. The summed E-state index contributed by atoms with van der Waals surface area (Å²) in [5.74, 6) is -0.248. The third kappa shape index (κ3) is 3.71. The summed E-state index contributed by atoms with van der Waals surface area (Å²) in [5, 5.41) is 0.101. The molecular formula is C14H11ClFNO2S. The highest BCUT2D eigenvalue weighted by Crippen LogP contribution is 2.26. The Hall–Kier alpha value is -1.59. The van der Waals surface area contributed by atoms with Crippen LogP contribution >= 0.6 is 23.4 Å². The van der Waals surface area contributed by atoms with E-state index >= 15 is 0 Å². The second kappa shape index (κ2) is 6.72. The van der Waals surface area contributed by atoms with Crippen molar-refractivity contribution in [1.82, 2.24) is 4.98 Å². The van der Waals surface area contributed by atoms with Gasteiger partial charge in [-0.2, -0.15) is 0 Å². The number of methoxy groups -OCH3 is 1. The maximum absolute atomic E-state index is 13.0. The summed E-state index contributed by atoms with van der Waals surface area (Å²) >= 11 is 7.20. The minimum Gasteiger partial charge on any atom is -0.465 e. The standard InChI is InChI=1S/C14H11ClFNO2S/c1-19-14(18)9-2-3-10(17-7-9)8-20-11-4-5-13(16)12(15)6-11/h2-7H,8H2,1H3. The lowest BCUT2D eigenvalue weighted by molar-refractivity contribution is 0.0600. The van der Waals surface area contributed by atoms with E-state index in [0.29, 0.717) is 11.3 Å². The van der Waals surface area contributed by atoms with Crippen LogP contribution in [0.25, 0.3) is 0 Å². The summed E-state index contributed by atoms with van der Waals surface area (Å²) in [7, 11) is 1.32. The number of ether oxygens (including phenoxy) is 1. The molecule has 0 aliphatic rings. The van der Waals surface area contributed by atoms with Gasteiger partial charge in [0.1, 0.15) is 5.82 Å². The molecular weight excluding hydrogens is 301 g/mol.